The van der Waals surface area contributed by atoms with E-state index in [1.807, 2.05) is 15.7 Å². The van der Waals surface area contributed by atoms with Crippen molar-refractivity contribution in [3.63, 3.8) is 0 Å². The molecule has 3 rings (SSSR count). The number of hydrogen-bond acceptors (Lipinski definition) is 4. The first kappa shape index (κ1) is 12.9. The van der Waals surface area contributed by atoms with E-state index < -0.39 is 11.9 Å². The van der Waals surface area contributed by atoms with E-state index >= 15 is 0 Å². The van der Waals surface area contributed by atoms with Crippen LogP contribution >= 0.6 is 0 Å². The second kappa shape index (κ2) is 4.77. The van der Waals surface area contributed by atoms with Gasteiger partial charge in [-0.3, -0.25) is 0 Å². The maximum Gasteiger partial charge on any atom is 0.433 e. The number of anilines is 1. The Morgan fingerprint density at radius 1 is 1.25 bits per heavy atom. The number of rotatable bonds is 3. The van der Waals surface area contributed by atoms with Crippen molar-refractivity contribution in [3.8, 4) is 0 Å². The smallest absolute Gasteiger partial charge is 0.356 e. The van der Waals surface area contributed by atoms with E-state index in [0.717, 1.165) is 18.9 Å². The van der Waals surface area contributed by atoms with Crippen LogP contribution < -0.4 is 4.90 Å². The van der Waals surface area contributed by atoms with Crippen LogP contribution in [0.3, 0.4) is 0 Å². The molecule has 0 unspecified atom stereocenters. The van der Waals surface area contributed by atoms with Gasteiger partial charge in [-0.25, -0.2) is 15.0 Å². The van der Waals surface area contributed by atoms with Crippen LogP contribution in [-0.4, -0.2) is 32.6 Å². The van der Waals surface area contributed by atoms with Gasteiger partial charge in [-0.1, -0.05) is 0 Å². The Kier molecular flexibility index (Phi) is 3.07. The summed E-state index contributed by atoms with van der Waals surface area (Å²) in [6.07, 6.45) is 1.83. The van der Waals surface area contributed by atoms with Gasteiger partial charge in [0.15, 0.2) is 0 Å². The lowest BCUT2D eigenvalue weighted by Gasteiger charge is -2.40. The van der Waals surface area contributed by atoms with Gasteiger partial charge in [-0.05, 0) is 0 Å². The SMILES string of the molecule is FC(F)(F)c1cc(N2CC(Cn3ccnc3)C2)ncn1. The van der Waals surface area contributed by atoms with Gasteiger partial charge in [0.25, 0.3) is 0 Å². The Bertz CT molecular complexity index is 575. The van der Waals surface area contributed by atoms with Gasteiger partial charge in [0, 0.05) is 44.0 Å². The second-order valence-corrected chi connectivity index (χ2v) is 4.79. The molecule has 1 saturated heterocycles. The number of halogens is 3. The molecule has 0 bridgehead atoms. The first-order chi connectivity index (χ1) is 9.52. The molecule has 3 heterocycles. The maximum atomic E-state index is 12.6. The lowest BCUT2D eigenvalue weighted by molar-refractivity contribution is -0.141. The fourth-order valence-corrected chi connectivity index (χ4v) is 2.24. The molecule has 0 amide bonds. The van der Waals surface area contributed by atoms with Crippen LogP contribution in [0.15, 0.2) is 31.1 Å². The first-order valence-corrected chi connectivity index (χ1v) is 6.12. The van der Waals surface area contributed by atoms with Crippen molar-refractivity contribution in [2.45, 2.75) is 12.7 Å². The predicted octanol–water partition coefficient (Wildman–Crippen LogP) is 1.83. The summed E-state index contributed by atoms with van der Waals surface area (Å²) in [4.78, 5) is 12.9. The van der Waals surface area contributed by atoms with E-state index in [0.29, 0.717) is 24.8 Å². The molecule has 2 aromatic heterocycles. The van der Waals surface area contributed by atoms with Gasteiger partial charge < -0.3 is 9.47 Å². The number of imidazole rings is 1. The van der Waals surface area contributed by atoms with Crippen LogP contribution in [0, 0.1) is 5.92 Å². The summed E-state index contributed by atoms with van der Waals surface area (Å²) in [6.45, 7) is 2.19. The maximum absolute atomic E-state index is 12.6. The molecule has 5 nitrogen and oxygen atoms in total. The highest BCUT2D eigenvalue weighted by atomic mass is 19.4. The Labute approximate surface area is 113 Å². The Hall–Kier alpha value is -2.12. The molecule has 1 fully saturated rings. The van der Waals surface area contributed by atoms with Crippen molar-refractivity contribution in [1.29, 1.82) is 0 Å². The summed E-state index contributed by atoms with van der Waals surface area (Å²) in [7, 11) is 0. The standard InChI is InChI=1S/C12H12F3N5/c13-12(14,15)10-3-11(18-7-17-10)20-5-9(6-20)4-19-2-1-16-8-19/h1-3,7-9H,4-6H2. The van der Waals surface area contributed by atoms with Gasteiger partial charge in [-0.15, -0.1) is 0 Å². The minimum atomic E-state index is -4.43. The third kappa shape index (κ3) is 2.59. The molecular weight excluding hydrogens is 271 g/mol. The van der Waals surface area contributed by atoms with E-state index in [1.54, 1.807) is 12.5 Å². The van der Waals surface area contributed by atoms with Crippen LogP contribution in [0.2, 0.25) is 0 Å². The monoisotopic (exact) mass is 283 g/mol. The van der Waals surface area contributed by atoms with Gasteiger partial charge in [-0.2, -0.15) is 13.2 Å². The molecule has 20 heavy (non-hydrogen) atoms. The van der Waals surface area contributed by atoms with Crippen molar-refractivity contribution in [2.24, 2.45) is 5.92 Å². The lowest BCUT2D eigenvalue weighted by atomic mass is 10.00. The first-order valence-electron chi connectivity index (χ1n) is 6.12. The van der Waals surface area contributed by atoms with Gasteiger partial charge in [0.1, 0.15) is 17.8 Å². The van der Waals surface area contributed by atoms with Crippen LogP contribution in [0.1, 0.15) is 5.69 Å². The van der Waals surface area contributed by atoms with Crippen LogP contribution in [0.25, 0.3) is 0 Å². The zero-order chi connectivity index (χ0) is 14.2. The van der Waals surface area contributed by atoms with E-state index in [9.17, 15) is 13.2 Å². The van der Waals surface area contributed by atoms with E-state index in [2.05, 4.69) is 15.0 Å². The van der Waals surface area contributed by atoms with Crippen LogP contribution in [0.4, 0.5) is 19.0 Å². The molecule has 0 aromatic carbocycles. The average molecular weight is 283 g/mol. The largest absolute Gasteiger partial charge is 0.433 e. The van der Waals surface area contributed by atoms with Crippen molar-refractivity contribution in [1.82, 2.24) is 19.5 Å². The highest BCUT2D eigenvalue weighted by molar-refractivity contribution is 5.42. The number of hydrogen-bond donors (Lipinski definition) is 0. The van der Waals surface area contributed by atoms with Gasteiger partial charge in [0.05, 0.1) is 6.33 Å². The predicted molar refractivity (Wildman–Crippen MR) is 65.0 cm³/mol. The molecule has 0 spiro atoms. The lowest BCUT2D eigenvalue weighted by Crippen LogP contribution is -2.49. The third-order valence-electron chi connectivity index (χ3n) is 3.25. The van der Waals surface area contributed by atoms with E-state index in [4.69, 9.17) is 0 Å². The molecule has 0 N–H and O–H groups in total. The third-order valence-corrected chi connectivity index (χ3v) is 3.25. The average Bonchev–Trinajstić information content (AvgIpc) is 2.85. The van der Waals surface area contributed by atoms with E-state index in [1.165, 1.54) is 0 Å². The quantitative estimate of drug-likeness (QED) is 0.862. The summed E-state index contributed by atoms with van der Waals surface area (Å²) >= 11 is 0. The molecule has 0 atom stereocenters. The molecule has 2 aromatic rings. The van der Waals surface area contributed by atoms with Crippen LogP contribution in [0.5, 0.6) is 0 Å². The molecule has 1 aliphatic rings. The van der Waals surface area contributed by atoms with E-state index in [-0.39, 0.29) is 0 Å². The van der Waals surface area contributed by atoms with Gasteiger partial charge >= 0.3 is 6.18 Å². The highest BCUT2D eigenvalue weighted by Crippen LogP contribution is 2.31. The normalized spacial score (nSPS) is 16.2. The Balaban J connectivity index is 1.62. The topological polar surface area (TPSA) is 46.8 Å². The molecule has 0 aliphatic carbocycles. The molecule has 1 aliphatic heterocycles. The summed E-state index contributed by atoms with van der Waals surface area (Å²) in [5.41, 5.74) is -0.902. The van der Waals surface area contributed by atoms with Crippen molar-refractivity contribution < 1.29 is 13.2 Å². The molecule has 0 saturated carbocycles. The fourth-order valence-electron chi connectivity index (χ4n) is 2.24. The Morgan fingerprint density at radius 2 is 2.05 bits per heavy atom. The van der Waals surface area contributed by atoms with Crippen molar-refractivity contribution in [2.75, 3.05) is 18.0 Å². The summed E-state index contributed by atoms with van der Waals surface area (Å²) in [5, 5.41) is 0. The molecule has 8 heteroatoms. The fraction of sp³-hybridized carbons (Fsp3) is 0.417. The highest BCUT2D eigenvalue weighted by Gasteiger charge is 2.35. The number of nitrogens with zero attached hydrogens (tertiary/aromatic N) is 5. The molecule has 106 valence electrons. The Morgan fingerprint density at radius 3 is 2.70 bits per heavy atom. The number of alkyl halides is 3. The molecule has 0 radical (unpaired) electrons. The second-order valence-electron chi connectivity index (χ2n) is 4.79. The minimum absolute atomic E-state index is 0.328. The van der Waals surface area contributed by atoms with Crippen LogP contribution in [-0.2, 0) is 12.7 Å². The number of aromatic nitrogens is 4. The zero-order valence-corrected chi connectivity index (χ0v) is 10.5. The van der Waals surface area contributed by atoms with Crippen molar-refractivity contribution >= 4 is 5.82 Å². The summed E-state index contributed by atoms with van der Waals surface area (Å²) < 4.78 is 39.7. The summed E-state index contributed by atoms with van der Waals surface area (Å²) in [6, 6.07) is 0.993. The summed E-state index contributed by atoms with van der Waals surface area (Å²) in [5.74, 6) is 0.725. The zero-order valence-electron chi connectivity index (χ0n) is 10.5. The minimum Gasteiger partial charge on any atom is -0.356 e. The van der Waals surface area contributed by atoms with Gasteiger partial charge in [0.2, 0.25) is 0 Å². The molecular formula is C12H12F3N5. The van der Waals surface area contributed by atoms with Crippen molar-refractivity contribution in [3.05, 3.63) is 36.8 Å².